The Morgan fingerprint density at radius 2 is 0.918 bits per heavy atom. The van der Waals surface area contributed by atoms with Crippen LogP contribution in [0.4, 0.5) is 17.1 Å². The first-order chi connectivity index (χ1) is 30.2. The third-order valence-electron chi connectivity index (χ3n) is 12.1. The minimum Gasteiger partial charge on any atom is -0.456 e. The number of para-hydroxylation sites is 2. The van der Waals surface area contributed by atoms with Crippen molar-refractivity contribution in [1.29, 1.82) is 0 Å². The molecule has 10 aromatic carbocycles. The number of anilines is 3. The first kappa shape index (κ1) is 35.2. The van der Waals surface area contributed by atoms with E-state index in [1.165, 1.54) is 58.8 Å². The van der Waals surface area contributed by atoms with Crippen molar-refractivity contribution in [2.24, 2.45) is 0 Å². The Hall–Kier alpha value is -7.72. The second kappa shape index (κ2) is 14.5. The molecule has 61 heavy (non-hydrogen) atoms. The summed E-state index contributed by atoms with van der Waals surface area (Å²) in [6.45, 7) is 0. The van der Waals surface area contributed by atoms with Crippen molar-refractivity contribution in [2.75, 3.05) is 4.90 Å². The molecule has 0 saturated carbocycles. The Morgan fingerprint density at radius 1 is 0.311 bits per heavy atom. The molecule has 0 aliphatic heterocycles. The molecule has 0 aliphatic carbocycles. The van der Waals surface area contributed by atoms with Gasteiger partial charge in [-0.15, -0.1) is 11.3 Å². The molecule has 0 atom stereocenters. The highest BCUT2D eigenvalue weighted by atomic mass is 32.1. The van der Waals surface area contributed by atoms with Gasteiger partial charge in [-0.3, -0.25) is 0 Å². The molecule has 0 fully saturated rings. The summed E-state index contributed by atoms with van der Waals surface area (Å²) in [6.07, 6.45) is 0. The van der Waals surface area contributed by atoms with E-state index in [1.54, 1.807) is 0 Å². The fourth-order valence-electron chi connectivity index (χ4n) is 9.09. The van der Waals surface area contributed by atoms with Crippen molar-refractivity contribution >= 4 is 81.3 Å². The van der Waals surface area contributed by atoms with E-state index in [-0.39, 0.29) is 0 Å². The largest absolute Gasteiger partial charge is 0.456 e. The molecule has 0 bridgehead atoms. The first-order valence-corrected chi connectivity index (χ1v) is 21.5. The molecule has 0 amide bonds. The van der Waals surface area contributed by atoms with Crippen LogP contribution < -0.4 is 4.90 Å². The van der Waals surface area contributed by atoms with E-state index >= 15 is 0 Å². The monoisotopic (exact) mass is 795 g/mol. The van der Waals surface area contributed by atoms with Gasteiger partial charge >= 0.3 is 0 Å². The molecule has 0 aliphatic rings. The summed E-state index contributed by atoms with van der Waals surface area (Å²) >= 11 is 1.85. The molecule has 0 spiro atoms. The number of thiophene rings is 1. The van der Waals surface area contributed by atoms with E-state index in [4.69, 9.17) is 4.42 Å². The predicted octanol–water partition coefficient (Wildman–Crippen LogP) is 17.2. The minimum absolute atomic E-state index is 0.899. The fraction of sp³-hybridized carbons (Fsp3) is 0. The highest BCUT2D eigenvalue weighted by Gasteiger charge is 2.19. The third-order valence-corrected chi connectivity index (χ3v) is 13.2. The van der Waals surface area contributed by atoms with Crippen LogP contribution in [0.3, 0.4) is 0 Å². The lowest BCUT2D eigenvalue weighted by molar-refractivity contribution is 0.669. The van der Waals surface area contributed by atoms with E-state index in [0.29, 0.717) is 0 Å². The van der Waals surface area contributed by atoms with Crippen molar-refractivity contribution in [1.82, 2.24) is 0 Å². The van der Waals surface area contributed by atoms with Gasteiger partial charge in [0.1, 0.15) is 11.2 Å². The number of hydrogen-bond acceptors (Lipinski definition) is 3. The van der Waals surface area contributed by atoms with E-state index in [0.717, 1.165) is 55.7 Å². The van der Waals surface area contributed by atoms with E-state index < -0.39 is 0 Å². The Balaban J connectivity index is 0.969. The lowest BCUT2D eigenvalue weighted by Crippen LogP contribution is -2.11. The number of hydrogen-bond donors (Lipinski definition) is 0. The van der Waals surface area contributed by atoms with Crippen LogP contribution in [-0.2, 0) is 0 Å². The Bertz CT molecular complexity index is 3590. The summed E-state index contributed by atoms with van der Waals surface area (Å²) in [6, 6.07) is 81.3. The Morgan fingerprint density at radius 3 is 1.80 bits per heavy atom. The summed E-state index contributed by atoms with van der Waals surface area (Å²) in [5, 5.41) is 7.38. The van der Waals surface area contributed by atoms with Crippen molar-refractivity contribution in [2.45, 2.75) is 0 Å². The van der Waals surface area contributed by atoms with Gasteiger partial charge in [-0.25, -0.2) is 0 Å². The van der Waals surface area contributed by atoms with E-state index in [9.17, 15) is 0 Å². The molecule has 2 heterocycles. The van der Waals surface area contributed by atoms with Crippen molar-refractivity contribution in [3.63, 3.8) is 0 Å². The minimum atomic E-state index is 0.899. The highest BCUT2D eigenvalue weighted by Crippen LogP contribution is 2.44. The lowest BCUT2D eigenvalue weighted by Gasteiger charge is -2.28. The van der Waals surface area contributed by atoms with Crippen LogP contribution in [-0.4, -0.2) is 0 Å². The van der Waals surface area contributed by atoms with Crippen molar-refractivity contribution in [3.8, 4) is 44.5 Å². The number of fused-ring (bicyclic) bond motifs is 7. The molecule has 0 radical (unpaired) electrons. The van der Waals surface area contributed by atoms with Gasteiger partial charge in [0, 0.05) is 47.9 Å². The summed E-state index contributed by atoms with van der Waals surface area (Å²) in [5.74, 6) is 0. The second-order valence-electron chi connectivity index (χ2n) is 15.7. The topological polar surface area (TPSA) is 16.4 Å². The molecule has 12 aromatic rings. The molecule has 2 aromatic heterocycles. The fourth-order valence-corrected chi connectivity index (χ4v) is 10.2. The molecule has 286 valence electrons. The van der Waals surface area contributed by atoms with Gasteiger partial charge in [0.05, 0.1) is 5.69 Å². The maximum absolute atomic E-state index is 6.28. The van der Waals surface area contributed by atoms with Crippen LogP contribution >= 0.6 is 11.3 Å². The van der Waals surface area contributed by atoms with Crippen LogP contribution in [0, 0.1) is 0 Å². The predicted molar refractivity (Wildman–Crippen MR) is 261 cm³/mol. The van der Waals surface area contributed by atoms with Gasteiger partial charge < -0.3 is 9.32 Å². The summed E-state index contributed by atoms with van der Waals surface area (Å²) in [7, 11) is 0. The highest BCUT2D eigenvalue weighted by molar-refractivity contribution is 7.25. The molecule has 12 rings (SSSR count). The standard InChI is InChI=1S/C58H37NOS/c1-2-15-47-40(11-1)12-10-19-48(47)41-25-23-38(24-26-41)42-13-9-14-46(35-42)59(45-31-27-39(28-32-45)43-29-33-51-50-17-4-7-21-55(50)60-56(51)37-43)54-20-6-3-16-49(54)44-30-34-58-53(36-44)52-18-5-8-22-57(52)61-58/h1-37H. The van der Waals surface area contributed by atoms with E-state index in [1.807, 2.05) is 23.5 Å². The van der Waals surface area contributed by atoms with Gasteiger partial charge in [0.25, 0.3) is 0 Å². The summed E-state index contributed by atoms with van der Waals surface area (Å²) < 4.78 is 8.89. The second-order valence-corrected chi connectivity index (χ2v) is 16.8. The Kier molecular flexibility index (Phi) is 8.39. The van der Waals surface area contributed by atoms with Gasteiger partial charge in [-0.1, -0.05) is 158 Å². The van der Waals surface area contributed by atoms with Gasteiger partial charge in [0.15, 0.2) is 0 Å². The molecule has 0 N–H and O–H groups in total. The number of furan rings is 1. The molecular weight excluding hydrogens is 759 g/mol. The zero-order chi connectivity index (χ0) is 40.3. The number of rotatable bonds is 7. The van der Waals surface area contributed by atoms with Crippen LogP contribution in [0.15, 0.2) is 229 Å². The smallest absolute Gasteiger partial charge is 0.136 e. The normalized spacial score (nSPS) is 11.6. The van der Waals surface area contributed by atoms with Gasteiger partial charge in [-0.05, 0) is 116 Å². The quantitative estimate of drug-likeness (QED) is 0.160. The van der Waals surface area contributed by atoms with Crippen LogP contribution in [0.2, 0.25) is 0 Å². The van der Waals surface area contributed by atoms with Crippen LogP contribution in [0.1, 0.15) is 0 Å². The average molecular weight is 796 g/mol. The van der Waals surface area contributed by atoms with Crippen molar-refractivity contribution in [3.05, 3.63) is 224 Å². The van der Waals surface area contributed by atoms with Gasteiger partial charge in [0.2, 0.25) is 0 Å². The van der Waals surface area contributed by atoms with Crippen LogP contribution in [0.25, 0.3) is 97.4 Å². The summed E-state index contributed by atoms with van der Waals surface area (Å²) in [5.41, 5.74) is 14.5. The maximum atomic E-state index is 6.28. The number of benzene rings is 10. The molecular formula is C58H37NOS. The zero-order valence-electron chi connectivity index (χ0n) is 33.1. The summed E-state index contributed by atoms with van der Waals surface area (Å²) in [4.78, 5) is 2.41. The van der Waals surface area contributed by atoms with E-state index in [2.05, 4.69) is 217 Å². The SMILES string of the molecule is c1cc(-c2ccc(-c3cccc4ccccc34)cc2)cc(N(c2ccc(-c3ccc4c(c3)oc3ccccc34)cc2)c2ccccc2-c2ccc3sc4ccccc4c3c2)c1. The zero-order valence-corrected chi connectivity index (χ0v) is 33.9. The first-order valence-electron chi connectivity index (χ1n) is 20.7. The lowest BCUT2D eigenvalue weighted by atomic mass is 9.96. The molecule has 0 saturated heterocycles. The maximum Gasteiger partial charge on any atom is 0.136 e. The third kappa shape index (κ3) is 6.18. The average Bonchev–Trinajstić information content (AvgIpc) is 3.90. The molecule has 3 heteroatoms. The number of nitrogens with zero attached hydrogens (tertiary/aromatic N) is 1. The molecule has 0 unspecified atom stereocenters. The van der Waals surface area contributed by atoms with Crippen molar-refractivity contribution < 1.29 is 4.42 Å². The van der Waals surface area contributed by atoms with Crippen LogP contribution in [0.5, 0.6) is 0 Å². The van der Waals surface area contributed by atoms with Gasteiger partial charge in [-0.2, -0.15) is 0 Å². The Labute approximate surface area is 357 Å². The molecule has 2 nitrogen and oxygen atoms in total.